The van der Waals surface area contributed by atoms with Crippen molar-refractivity contribution in [2.45, 2.75) is 94.4 Å². The number of aliphatic hydroxyl groups excluding tert-OH is 2. The lowest BCUT2D eigenvalue weighted by atomic mass is 9.98. The molecule has 0 unspecified atom stereocenters. The van der Waals surface area contributed by atoms with E-state index >= 15 is 0 Å². The first-order valence-corrected chi connectivity index (χ1v) is 19.0. The van der Waals surface area contributed by atoms with Crippen LogP contribution in [0.2, 0.25) is 0 Å². The summed E-state index contributed by atoms with van der Waals surface area (Å²) in [5, 5.41) is 40.5. The van der Waals surface area contributed by atoms with Gasteiger partial charge >= 0.3 is 17.8 Å². The van der Waals surface area contributed by atoms with Gasteiger partial charge in [-0.2, -0.15) is 4.98 Å². The van der Waals surface area contributed by atoms with Crippen LogP contribution in [0.1, 0.15) is 57.4 Å². The third kappa shape index (κ3) is 14.1. The van der Waals surface area contributed by atoms with Gasteiger partial charge < -0.3 is 46.1 Å². The molecular formula is C38H48N6O11S. The fourth-order valence-corrected chi connectivity index (χ4v) is 6.58. The summed E-state index contributed by atoms with van der Waals surface area (Å²) in [5.74, 6) is -3.38. The second-order valence-corrected chi connectivity index (χ2v) is 15.2. The molecule has 18 heteroatoms. The molecule has 1 saturated heterocycles. The monoisotopic (exact) mass is 796 g/mol. The number of thioether (sulfide) groups is 1. The van der Waals surface area contributed by atoms with Gasteiger partial charge in [-0.15, -0.1) is 11.8 Å². The predicted molar refractivity (Wildman–Crippen MR) is 205 cm³/mol. The maximum absolute atomic E-state index is 13.6. The highest BCUT2D eigenvalue weighted by atomic mass is 32.2. The number of ether oxygens (including phenoxy) is 2. The van der Waals surface area contributed by atoms with Crippen molar-refractivity contribution in [3.05, 3.63) is 94.5 Å². The topological polar surface area (TPSA) is 248 Å². The molecule has 0 radical (unpaired) electrons. The maximum atomic E-state index is 13.6. The highest BCUT2D eigenvalue weighted by Crippen LogP contribution is 2.30. The Morgan fingerprint density at radius 1 is 0.929 bits per heavy atom. The highest BCUT2D eigenvalue weighted by Gasteiger charge is 2.31. The quantitative estimate of drug-likeness (QED) is 0.0971. The number of aliphatic carboxylic acids is 1. The van der Waals surface area contributed by atoms with Gasteiger partial charge in [-0.1, -0.05) is 60.7 Å². The molecule has 0 saturated carbocycles. The fourth-order valence-electron chi connectivity index (χ4n) is 5.65. The number of carboxylic acids is 1. The Morgan fingerprint density at radius 2 is 1.57 bits per heavy atom. The Bertz CT molecular complexity index is 1860. The minimum Gasteiger partial charge on any atom is -0.480 e. The van der Waals surface area contributed by atoms with E-state index in [1.807, 2.05) is 0 Å². The van der Waals surface area contributed by atoms with E-state index in [1.54, 1.807) is 81.4 Å². The van der Waals surface area contributed by atoms with Crippen LogP contribution in [0, 0.1) is 0 Å². The molecular weight excluding hydrogens is 749 g/mol. The molecule has 56 heavy (non-hydrogen) atoms. The molecule has 4 amide bonds. The summed E-state index contributed by atoms with van der Waals surface area (Å²) in [4.78, 5) is 81.5. The number of rotatable bonds is 18. The summed E-state index contributed by atoms with van der Waals surface area (Å²) in [6.07, 6.45) is -2.75. The van der Waals surface area contributed by atoms with E-state index < -0.39 is 83.4 Å². The summed E-state index contributed by atoms with van der Waals surface area (Å²) in [6, 6.07) is 15.1. The van der Waals surface area contributed by atoms with Gasteiger partial charge in [-0.25, -0.2) is 14.4 Å². The number of carbonyl (C=O) groups excluding carboxylic acids is 4. The number of carbonyl (C=O) groups is 5. The molecule has 1 aromatic heterocycles. The summed E-state index contributed by atoms with van der Waals surface area (Å²) in [7, 11) is 0. The number of alkyl carbamates (subject to hydrolysis) is 1. The molecule has 4 rings (SSSR count). The van der Waals surface area contributed by atoms with E-state index in [4.69, 9.17) is 9.47 Å². The Morgan fingerprint density at radius 3 is 2.14 bits per heavy atom. The molecule has 1 aliphatic rings. The molecule has 0 aliphatic carbocycles. The number of nitrogens with zero attached hydrogens (tertiary/aromatic N) is 2. The van der Waals surface area contributed by atoms with Crippen molar-refractivity contribution in [2.24, 2.45) is 0 Å². The first-order valence-electron chi connectivity index (χ1n) is 17.9. The number of benzene rings is 2. The van der Waals surface area contributed by atoms with Gasteiger partial charge in [-0.05, 0) is 50.8 Å². The molecule has 2 aromatic carbocycles. The standard InChI is InChI=1S/C38H48N6O11S/c1-38(2,3)55-37(53)41-26(18-23-10-6-4-7-11-23)28(46)20-31(48)39-25(34(49)40-27(35(50)51)19-24-12-8-5-9-13-24)14-15-30(47)42-29-16-17-44(36(52)43-29)32-22-56-33(21-45)54-32/h4-13,16-17,25-28,32-33,45-46H,14-15,18-22H2,1-3H3,(H,39,48)(H,40,49)(H,41,53)(H,50,51)(H,42,43,47,52)/t25-,26-,27-,28-,32+,33-/m0/s1. The number of aliphatic hydroxyl groups is 2. The lowest BCUT2D eigenvalue weighted by molar-refractivity contribution is -0.142. The molecule has 302 valence electrons. The second kappa shape index (κ2) is 20.6. The number of aromatic nitrogens is 2. The van der Waals surface area contributed by atoms with Crippen LogP contribution in [0.25, 0.3) is 0 Å². The van der Waals surface area contributed by atoms with Gasteiger partial charge in [0.2, 0.25) is 17.7 Å². The van der Waals surface area contributed by atoms with E-state index in [0.29, 0.717) is 11.3 Å². The van der Waals surface area contributed by atoms with Crippen molar-refractivity contribution in [1.82, 2.24) is 25.5 Å². The largest absolute Gasteiger partial charge is 0.480 e. The average Bonchev–Trinajstić information content (AvgIpc) is 3.62. The van der Waals surface area contributed by atoms with Crippen molar-refractivity contribution in [1.29, 1.82) is 0 Å². The lowest BCUT2D eigenvalue weighted by Gasteiger charge is -2.27. The van der Waals surface area contributed by atoms with Gasteiger partial charge in [0.05, 0.1) is 25.2 Å². The molecule has 7 N–H and O–H groups in total. The molecule has 6 atom stereocenters. The molecule has 1 fully saturated rings. The number of hydrogen-bond acceptors (Lipinski definition) is 12. The first-order chi connectivity index (χ1) is 26.6. The van der Waals surface area contributed by atoms with Crippen LogP contribution < -0.4 is 27.0 Å². The smallest absolute Gasteiger partial charge is 0.407 e. The van der Waals surface area contributed by atoms with Crippen LogP contribution in [0.5, 0.6) is 0 Å². The zero-order valence-corrected chi connectivity index (χ0v) is 32.1. The van der Waals surface area contributed by atoms with Crippen LogP contribution in [-0.2, 0) is 41.5 Å². The highest BCUT2D eigenvalue weighted by molar-refractivity contribution is 8.00. The second-order valence-electron chi connectivity index (χ2n) is 14.0. The Labute approximate surface area is 327 Å². The first kappa shape index (κ1) is 43.4. The van der Waals surface area contributed by atoms with Crippen LogP contribution in [0.15, 0.2) is 77.7 Å². The minimum atomic E-state index is -1.46. The average molecular weight is 797 g/mol. The molecule has 0 bridgehead atoms. The Balaban J connectivity index is 1.46. The molecule has 2 heterocycles. The van der Waals surface area contributed by atoms with Gasteiger partial charge in [0, 0.05) is 24.8 Å². The summed E-state index contributed by atoms with van der Waals surface area (Å²) in [5.41, 5.74) is -0.642. The lowest BCUT2D eigenvalue weighted by Crippen LogP contribution is -2.53. The zero-order valence-electron chi connectivity index (χ0n) is 31.3. The molecule has 17 nitrogen and oxygen atoms in total. The van der Waals surface area contributed by atoms with Crippen LogP contribution >= 0.6 is 11.8 Å². The summed E-state index contributed by atoms with van der Waals surface area (Å²) >= 11 is 1.34. The number of carboxylic acid groups (broad SMARTS) is 1. The van der Waals surface area contributed by atoms with Crippen molar-refractivity contribution in [3.8, 4) is 0 Å². The molecule has 3 aromatic rings. The van der Waals surface area contributed by atoms with Crippen molar-refractivity contribution in [2.75, 3.05) is 17.7 Å². The Kier molecular flexibility index (Phi) is 16.0. The zero-order chi connectivity index (χ0) is 40.8. The van der Waals surface area contributed by atoms with E-state index in [-0.39, 0.29) is 38.1 Å². The fraction of sp³-hybridized carbons (Fsp3) is 0.447. The van der Waals surface area contributed by atoms with Gasteiger partial charge in [0.1, 0.15) is 35.2 Å². The number of nitrogens with one attached hydrogen (secondary N) is 4. The third-order valence-corrected chi connectivity index (χ3v) is 9.47. The predicted octanol–water partition coefficient (Wildman–Crippen LogP) is 1.73. The number of amides is 4. The SMILES string of the molecule is CC(C)(C)OC(=O)N[C@@H](Cc1ccccc1)[C@@H](O)CC(=O)N[C@@H](CCC(=O)Nc1ccn([C@H]2CS[C@@H](CO)O2)c(=O)n1)C(=O)N[C@@H](Cc1ccccc1)C(=O)O. The van der Waals surface area contributed by atoms with E-state index in [2.05, 4.69) is 26.3 Å². The maximum Gasteiger partial charge on any atom is 0.407 e. The van der Waals surface area contributed by atoms with Crippen molar-refractivity contribution >= 4 is 47.4 Å². The molecule has 1 aliphatic heterocycles. The van der Waals surface area contributed by atoms with Crippen molar-refractivity contribution < 1.29 is 48.8 Å². The van der Waals surface area contributed by atoms with E-state index in [9.17, 15) is 44.1 Å². The van der Waals surface area contributed by atoms with Gasteiger partial charge in [0.15, 0.2) is 0 Å². The van der Waals surface area contributed by atoms with Gasteiger partial charge in [0.25, 0.3) is 0 Å². The Hall–Kier alpha value is -5.30. The van der Waals surface area contributed by atoms with E-state index in [1.165, 1.54) is 28.6 Å². The van der Waals surface area contributed by atoms with Crippen LogP contribution in [-0.4, -0.2) is 102 Å². The number of anilines is 1. The normalized spacial score (nSPS) is 17.4. The third-order valence-electron chi connectivity index (χ3n) is 8.36. The molecule has 0 spiro atoms. The van der Waals surface area contributed by atoms with E-state index in [0.717, 1.165) is 5.56 Å². The van der Waals surface area contributed by atoms with Crippen LogP contribution in [0.4, 0.5) is 10.6 Å². The number of hydrogen-bond donors (Lipinski definition) is 7. The summed E-state index contributed by atoms with van der Waals surface area (Å²) < 4.78 is 12.2. The van der Waals surface area contributed by atoms with Gasteiger partial charge in [-0.3, -0.25) is 19.0 Å². The summed E-state index contributed by atoms with van der Waals surface area (Å²) in [6.45, 7) is 4.81. The van der Waals surface area contributed by atoms with Crippen LogP contribution in [0.3, 0.4) is 0 Å². The van der Waals surface area contributed by atoms with Crippen molar-refractivity contribution in [3.63, 3.8) is 0 Å². The minimum absolute atomic E-state index is 0.0677.